The van der Waals surface area contributed by atoms with Crippen LogP contribution in [0.4, 0.5) is 0 Å². The Balaban J connectivity index is 1.91. The molecule has 4 nitrogen and oxygen atoms in total. The van der Waals surface area contributed by atoms with Gasteiger partial charge in [-0.15, -0.1) is 0 Å². The first-order valence-corrected chi connectivity index (χ1v) is 6.85. The minimum atomic E-state index is -0.655. The van der Waals surface area contributed by atoms with E-state index in [0.29, 0.717) is 5.56 Å². The molecule has 1 unspecified atom stereocenters. The summed E-state index contributed by atoms with van der Waals surface area (Å²) in [6.07, 6.45) is -0.655. The van der Waals surface area contributed by atoms with Gasteiger partial charge in [0.1, 0.15) is 0 Å². The van der Waals surface area contributed by atoms with Gasteiger partial charge in [0.05, 0.1) is 17.4 Å². The zero-order valence-corrected chi connectivity index (χ0v) is 10.8. The van der Waals surface area contributed by atoms with Gasteiger partial charge in [0.25, 0.3) is 5.91 Å². The highest BCUT2D eigenvalue weighted by Crippen LogP contribution is 2.15. The molecule has 0 spiro atoms. The van der Waals surface area contributed by atoms with Crippen molar-refractivity contribution in [2.24, 2.45) is 0 Å². The van der Waals surface area contributed by atoms with Gasteiger partial charge in [0.2, 0.25) is 0 Å². The molecule has 1 atom stereocenters. The van der Waals surface area contributed by atoms with Crippen molar-refractivity contribution in [1.82, 2.24) is 9.69 Å². The van der Waals surface area contributed by atoms with Crippen LogP contribution in [0.5, 0.6) is 0 Å². The fraction of sp³-hybridized carbons (Fsp3) is 0.273. The van der Waals surface area contributed by atoms with Gasteiger partial charge in [-0.3, -0.25) is 4.79 Å². The summed E-state index contributed by atoms with van der Waals surface area (Å²) in [6, 6.07) is 1.85. The van der Waals surface area contributed by atoms with Crippen molar-refractivity contribution in [1.29, 1.82) is 0 Å². The Labute approximate surface area is 107 Å². The van der Waals surface area contributed by atoms with Crippen molar-refractivity contribution in [3.63, 3.8) is 0 Å². The Hall–Kier alpha value is -1.24. The summed E-state index contributed by atoms with van der Waals surface area (Å²) < 4.78 is 4.03. The second-order valence-electron chi connectivity index (χ2n) is 3.60. The highest BCUT2D eigenvalue weighted by atomic mass is 32.1. The quantitative estimate of drug-likeness (QED) is 0.891. The van der Waals surface area contributed by atoms with Gasteiger partial charge in [0.15, 0.2) is 0 Å². The third-order valence-electron chi connectivity index (χ3n) is 2.38. The number of aromatic nitrogens is 1. The van der Waals surface area contributed by atoms with Crippen molar-refractivity contribution in [3.8, 4) is 0 Å². The monoisotopic (exact) mass is 268 g/mol. The molecule has 0 aliphatic carbocycles. The van der Waals surface area contributed by atoms with E-state index in [1.807, 2.05) is 16.8 Å². The first-order valence-electron chi connectivity index (χ1n) is 5.08. The van der Waals surface area contributed by atoms with Crippen LogP contribution in [0, 0.1) is 6.92 Å². The van der Waals surface area contributed by atoms with E-state index in [1.165, 1.54) is 22.9 Å². The average molecular weight is 268 g/mol. The van der Waals surface area contributed by atoms with Gasteiger partial charge in [-0.25, -0.2) is 0 Å². The molecule has 90 valence electrons. The number of nitrogens with zero attached hydrogens (tertiary/aromatic N) is 1. The molecule has 0 radical (unpaired) electrons. The fourth-order valence-corrected chi connectivity index (χ4v) is 2.78. The van der Waals surface area contributed by atoms with E-state index in [2.05, 4.69) is 9.69 Å². The standard InChI is InChI=1S/C11H12N2O2S2/c1-7-9(6-17-13-7)11(15)12-4-10(14)8-2-3-16-5-8/h2-3,5-6,10,14H,4H2,1H3,(H,12,15). The maximum Gasteiger partial charge on any atom is 0.254 e. The molecule has 0 saturated carbocycles. The number of nitrogens with one attached hydrogen (secondary N) is 1. The number of aliphatic hydroxyl groups is 1. The molecule has 1 amide bonds. The van der Waals surface area contributed by atoms with Crippen LogP contribution in [0.3, 0.4) is 0 Å². The second kappa shape index (κ2) is 5.39. The number of carbonyl (C=O) groups excluding carboxylic acids is 1. The Morgan fingerprint density at radius 3 is 3.00 bits per heavy atom. The summed E-state index contributed by atoms with van der Waals surface area (Å²) in [5.41, 5.74) is 2.13. The number of aryl methyl sites for hydroxylation is 1. The molecule has 0 aliphatic heterocycles. The number of carbonyl (C=O) groups is 1. The van der Waals surface area contributed by atoms with Crippen LogP contribution in [0.15, 0.2) is 22.2 Å². The lowest BCUT2D eigenvalue weighted by atomic mass is 10.2. The summed E-state index contributed by atoms with van der Waals surface area (Å²) in [6.45, 7) is 2.01. The van der Waals surface area contributed by atoms with E-state index in [9.17, 15) is 9.90 Å². The predicted octanol–water partition coefficient (Wildman–Crippen LogP) is 1.98. The molecule has 2 aromatic rings. The molecule has 6 heteroatoms. The van der Waals surface area contributed by atoms with Gasteiger partial charge < -0.3 is 10.4 Å². The summed E-state index contributed by atoms with van der Waals surface area (Å²) in [5.74, 6) is -0.189. The molecule has 0 aliphatic rings. The van der Waals surface area contributed by atoms with Crippen molar-refractivity contribution < 1.29 is 9.90 Å². The average Bonchev–Trinajstić information content (AvgIpc) is 2.95. The van der Waals surface area contributed by atoms with E-state index in [0.717, 1.165) is 11.3 Å². The van der Waals surface area contributed by atoms with E-state index < -0.39 is 6.10 Å². The molecule has 0 aromatic carbocycles. The topological polar surface area (TPSA) is 62.2 Å². The lowest BCUT2D eigenvalue weighted by Crippen LogP contribution is -2.28. The van der Waals surface area contributed by atoms with Crippen molar-refractivity contribution in [2.75, 3.05) is 6.54 Å². The summed E-state index contributed by atoms with van der Waals surface area (Å²) in [5, 5.41) is 18.0. The summed E-state index contributed by atoms with van der Waals surface area (Å²) in [4.78, 5) is 11.7. The Morgan fingerprint density at radius 2 is 2.41 bits per heavy atom. The maximum absolute atomic E-state index is 11.7. The Kier molecular flexibility index (Phi) is 3.88. The molecule has 0 saturated heterocycles. The number of amides is 1. The minimum Gasteiger partial charge on any atom is -0.387 e. The fourth-order valence-electron chi connectivity index (χ4n) is 1.38. The van der Waals surface area contributed by atoms with Crippen LogP contribution in [-0.2, 0) is 0 Å². The SMILES string of the molecule is Cc1nscc1C(=O)NCC(O)c1ccsc1. The third kappa shape index (κ3) is 2.91. The minimum absolute atomic E-state index is 0.189. The van der Waals surface area contributed by atoms with Crippen LogP contribution >= 0.6 is 22.9 Å². The van der Waals surface area contributed by atoms with Crippen LogP contribution in [0.1, 0.15) is 27.7 Å². The Morgan fingerprint density at radius 1 is 1.59 bits per heavy atom. The lowest BCUT2D eigenvalue weighted by Gasteiger charge is -2.10. The summed E-state index contributed by atoms with van der Waals surface area (Å²) >= 11 is 2.78. The largest absolute Gasteiger partial charge is 0.387 e. The zero-order chi connectivity index (χ0) is 12.3. The van der Waals surface area contributed by atoms with Crippen molar-refractivity contribution >= 4 is 28.8 Å². The van der Waals surface area contributed by atoms with Gasteiger partial charge >= 0.3 is 0 Å². The molecule has 0 fully saturated rings. The molecule has 2 rings (SSSR count). The van der Waals surface area contributed by atoms with E-state index in [1.54, 1.807) is 12.3 Å². The van der Waals surface area contributed by atoms with Gasteiger partial charge in [0, 0.05) is 11.9 Å². The Bertz CT molecular complexity index is 493. The maximum atomic E-state index is 11.7. The highest BCUT2D eigenvalue weighted by molar-refractivity contribution is 7.08. The molecule has 2 N–H and O–H groups in total. The predicted molar refractivity (Wildman–Crippen MR) is 68.5 cm³/mol. The van der Waals surface area contributed by atoms with Crippen LogP contribution in [-0.4, -0.2) is 21.9 Å². The van der Waals surface area contributed by atoms with Crippen molar-refractivity contribution in [2.45, 2.75) is 13.0 Å². The number of aliphatic hydroxyl groups excluding tert-OH is 1. The lowest BCUT2D eigenvalue weighted by molar-refractivity contribution is 0.0916. The van der Waals surface area contributed by atoms with Gasteiger partial charge in [-0.1, -0.05) is 0 Å². The van der Waals surface area contributed by atoms with Crippen LogP contribution in [0.25, 0.3) is 0 Å². The van der Waals surface area contributed by atoms with E-state index in [-0.39, 0.29) is 12.5 Å². The van der Waals surface area contributed by atoms with E-state index >= 15 is 0 Å². The first-order chi connectivity index (χ1) is 8.18. The molecule has 2 heterocycles. The molecule has 17 heavy (non-hydrogen) atoms. The van der Waals surface area contributed by atoms with Gasteiger partial charge in [-0.2, -0.15) is 15.7 Å². The normalized spacial score (nSPS) is 12.4. The van der Waals surface area contributed by atoms with Crippen LogP contribution in [0.2, 0.25) is 0 Å². The van der Waals surface area contributed by atoms with Crippen molar-refractivity contribution in [3.05, 3.63) is 39.0 Å². The number of hydrogen-bond donors (Lipinski definition) is 2. The molecular formula is C11H12N2O2S2. The number of rotatable bonds is 4. The zero-order valence-electron chi connectivity index (χ0n) is 9.21. The molecular weight excluding hydrogens is 256 g/mol. The summed E-state index contributed by atoms with van der Waals surface area (Å²) in [7, 11) is 0. The van der Waals surface area contributed by atoms with Crippen LogP contribution < -0.4 is 5.32 Å². The first kappa shape index (κ1) is 12.2. The third-order valence-corrected chi connectivity index (χ3v) is 3.80. The molecule has 2 aromatic heterocycles. The second-order valence-corrected chi connectivity index (χ2v) is 5.01. The van der Waals surface area contributed by atoms with E-state index in [4.69, 9.17) is 0 Å². The van der Waals surface area contributed by atoms with Gasteiger partial charge in [-0.05, 0) is 40.8 Å². The highest BCUT2D eigenvalue weighted by Gasteiger charge is 2.13. The smallest absolute Gasteiger partial charge is 0.254 e. The number of thiophene rings is 1. The molecule has 0 bridgehead atoms. The number of hydrogen-bond acceptors (Lipinski definition) is 5.